The first-order chi connectivity index (χ1) is 9.19. The van der Waals surface area contributed by atoms with Crippen LogP contribution in [-0.4, -0.2) is 42.7 Å². The van der Waals surface area contributed by atoms with Crippen LogP contribution in [0.25, 0.3) is 0 Å². The number of rotatable bonds is 6. The van der Waals surface area contributed by atoms with Crippen molar-refractivity contribution in [3.63, 3.8) is 0 Å². The fourth-order valence-electron chi connectivity index (χ4n) is 0.821. The topological polar surface area (TPSA) is 55.4 Å². The Morgan fingerprint density at radius 1 is 0.600 bits per heavy atom. The molecule has 20 heavy (non-hydrogen) atoms. The first kappa shape index (κ1) is 25.5. The number of hydrogen-bond acceptors (Lipinski definition) is 6. The van der Waals surface area contributed by atoms with E-state index in [1.54, 1.807) is 42.7 Å². The molecule has 0 heterocycles. The van der Waals surface area contributed by atoms with Gasteiger partial charge in [-0.25, -0.2) is 12.1 Å². The molecule has 9 heteroatoms. The third kappa shape index (κ3) is 18.6. The second-order valence-electron chi connectivity index (χ2n) is 2.69. The van der Waals surface area contributed by atoms with Crippen LogP contribution in [0.3, 0.4) is 0 Å². The van der Waals surface area contributed by atoms with Gasteiger partial charge in [-0.15, -0.1) is 0 Å². The third-order valence-corrected chi connectivity index (χ3v) is 3.56. The predicted molar refractivity (Wildman–Crippen MR) is 80.7 cm³/mol. The van der Waals surface area contributed by atoms with Crippen LogP contribution >= 0.6 is 17.2 Å². The molecular formula is C11H25O6P2Rh+. The summed E-state index contributed by atoms with van der Waals surface area (Å²) in [6.07, 6.45) is 0. The molecule has 1 radical (unpaired) electrons. The van der Waals surface area contributed by atoms with Gasteiger partial charge in [0.25, 0.3) is 0 Å². The van der Waals surface area contributed by atoms with Crippen LogP contribution in [0, 0.1) is 0 Å². The normalized spacial score (nSPS) is 9.20. The molecule has 0 bridgehead atoms. The minimum atomic E-state index is -1.36. The van der Waals surface area contributed by atoms with Crippen molar-refractivity contribution in [2.24, 2.45) is 0 Å². The molecule has 0 spiro atoms. The monoisotopic (exact) mass is 418 g/mol. The van der Waals surface area contributed by atoms with E-state index in [1.165, 1.54) is 0 Å². The van der Waals surface area contributed by atoms with Crippen LogP contribution in [0.2, 0.25) is 0 Å². The minimum Gasteiger partial charge on any atom is -0.214 e. The van der Waals surface area contributed by atoms with E-state index in [0.29, 0.717) is 0 Å². The zero-order valence-electron chi connectivity index (χ0n) is 12.7. The molecule has 0 aromatic heterocycles. The van der Waals surface area contributed by atoms with Crippen molar-refractivity contribution < 1.29 is 46.6 Å². The molecule has 1 aromatic carbocycles. The van der Waals surface area contributed by atoms with Crippen LogP contribution in [0.15, 0.2) is 30.3 Å². The van der Waals surface area contributed by atoms with Crippen LogP contribution in [-0.2, 0) is 46.6 Å². The Morgan fingerprint density at radius 3 is 0.900 bits per heavy atom. The van der Waals surface area contributed by atoms with Gasteiger partial charge < -0.3 is 0 Å². The van der Waals surface area contributed by atoms with Crippen LogP contribution < -0.4 is 0 Å². The van der Waals surface area contributed by atoms with Gasteiger partial charge in [0.1, 0.15) is 0 Å². The molecule has 0 unspecified atom stereocenters. The SMILES string of the molecule is CO[PH+](OC)OC.CO[PH+](OC)OC.[Rh].c1cc[cH-]c1. The molecule has 0 aliphatic heterocycles. The van der Waals surface area contributed by atoms with Crippen molar-refractivity contribution in [1.82, 2.24) is 0 Å². The second-order valence-corrected chi connectivity index (χ2v) is 6.14. The van der Waals surface area contributed by atoms with Gasteiger partial charge in [-0.05, 0) is 0 Å². The summed E-state index contributed by atoms with van der Waals surface area (Å²) in [7, 11) is 6.62. The van der Waals surface area contributed by atoms with Gasteiger partial charge in [0.15, 0.2) is 0 Å². The fourth-order valence-corrected chi connectivity index (χ4v) is 1.82. The maximum absolute atomic E-state index is 4.71. The Balaban J connectivity index is -0.000000214. The Bertz CT molecular complexity index is 193. The molecule has 0 aliphatic carbocycles. The summed E-state index contributed by atoms with van der Waals surface area (Å²) in [6, 6.07) is 10.0. The zero-order chi connectivity index (χ0) is 14.9. The standard InChI is InChI=1S/C5H5.2C3H10O3P.Rh/c1-2-4-5-3-1;2*1-4-7(5-2)6-3;/h1-5H;2*7H,1-3H3;/q-1;2*+1;. The molecule has 0 saturated carbocycles. The maximum atomic E-state index is 4.71. The van der Waals surface area contributed by atoms with Gasteiger partial charge in [0.05, 0.1) is 42.7 Å². The molecule has 6 nitrogen and oxygen atoms in total. The summed E-state index contributed by atoms with van der Waals surface area (Å²) in [4.78, 5) is 0. The van der Waals surface area contributed by atoms with E-state index in [-0.39, 0.29) is 19.5 Å². The van der Waals surface area contributed by atoms with Crippen molar-refractivity contribution >= 4 is 17.2 Å². The Morgan fingerprint density at radius 2 is 0.850 bits per heavy atom. The van der Waals surface area contributed by atoms with Gasteiger partial charge in [-0.3, -0.25) is 0 Å². The van der Waals surface area contributed by atoms with Gasteiger partial charge in [0.2, 0.25) is 0 Å². The molecule has 0 fully saturated rings. The second kappa shape index (κ2) is 21.9. The zero-order valence-corrected chi connectivity index (χ0v) is 16.3. The quantitative estimate of drug-likeness (QED) is 0.402. The van der Waals surface area contributed by atoms with Gasteiger partial charge in [0, 0.05) is 19.5 Å². The molecule has 0 atom stereocenters. The third-order valence-electron chi connectivity index (χ3n) is 1.56. The fraction of sp³-hybridized carbons (Fsp3) is 0.545. The molecule has 1 rings (SSSR count). The largest absolute Gasteiger partial charge is 0.397 e. The van der Waals surface area contributed by atoms with Crippen molar-refractivity contribution in [2.45, 2.75) is 0 Å². The van der Waals surface area contributed by atoms with Gasteiger partial charge in [-0.1, -0.05) is 0 Å². The van der Waals surface area contributed by atoms with E-state index in [0.717, 1.165) is 0 Å². The van der Waals surface area contributed by atoms with E-state index >= 15 is 0 Å². The molecule has 1 aromatic rings. The molecule has 0 N–H and O–H groups in total. The first-order valence-corrected chi connectivity index (χ1v) is 7.79. The molecule has 123 valence electrons. The summed E-state index contributed by atoms with van der Waals surface area (Å²) in [5.41, 5.74) is 0. The van der Waals surface area contributed by atoms with Crippen molar-refractivity contribution in [2.75, 3.05) is 42.7 Å². The van der Waals surface area contributed by atoms with E-state index in [4.69, 9.17) is 27.1 Å². The average Bonchev–Trinajstić information content (AvgIpc) is 3.03. The molecular weight excluding hydrogens is 393 g/mol. The summed E-state index contributed by atoms with van der Waals surface area (Å²) in [5.74, 6) is 0. The Kier molecular flexibility index (Phi) is 27.9. The van der Waals surface area contributed by atoms with Crippen molar-refractivity contribution in [3.8, 4) is 0 Å². The number of hydrogen-bond donors (Lipinski definition) is 0. The van der Waals surface area contributed by atoms with Crippen molar-refractivity contribution in [3.05, 3.63) is 30.3 Å². The maximum Gasteiger partial charge on any atom is 0.397 e. The van der Waals surface area contributed by atoms with Crippen LogP contribution in [0.5, 0.6) is 0 Å². The average molecular weight is 418 g/mol. The Hall–Kier alpha value is 0.593. The molecule has 0 aliphatic rings. The van der Waals surface area contributed by atoms with Crippen molar-refractivity contribution in [1.29, 1.82) is 0 Å². The minimum absolute atomic E-state index is 0. The van der Waals surface area contributed by atoms with E-state index < -0.39 is 17.2 Å². The Labute approximate surface area is 137 Å². The van der Waals surface area contributed by atoms with E-state index in [2.05, 4.69) is 0 Å². The van der Waals surface area contributed by atoms with Gasteiger partial charge in [-0.2, -0.15) is 45.3 Å². The summed E-state index contributed by atoms with van der Waals surface area (Å²) in [5, 5.41) is 0. The van der Waals surface area contributed by atoms with E-state index in [1.807, 2.05) is 30.3 Å². The van der Waals surface area contributed by atoms with E-state index in [9.17, 15) is 0 Å². The molecule has 0 saturated heterocycles. The van der Waals surface area contributed by atoms with Gasteiger partial charge >= 0.3 is 17.2 Å². The van der Waals surface area contributed by atoms with Crippen LogP contribution in [0.1, 0.15) is 0 Å². The molecule has 0 amide bonds. The van der Waals surface area contributed by atoms with Crippen LogP contribution in [0.4, 0.5) is 0 Å². The predicted octanol–water partition coefficient (Wildman–Crippen LogP) is 3.17. The summed E-state index contributed by atoms with van der Waals surface area (Å²) in [6.45, 7) is 0. The smallest absolute Gasteiger partial charge is 0.214 e. The first-order valence-electron chi connectivity index (χ1n) is 5.34. The summed E-state index contributed by atoms with van der Waals surface area (Å²) >= 11 is 0. The summed E-state index contributed by atoms with van der Waals surface area (Å²) < 4.78 is 28.2.